The van der Waals surface area contributed by atoms with E-state index in [4.69, 9.17) is 11.6 Å². The number of carbonyl (C=O) groups excluding carboxylic acids is 2. The molecule has 0 unspecified atom stereocenters. The lowest BCUT2D eigenvalue weighted by Gasteiger charge is -2.37. The van der Waals surface area contributed by atoms with Gasteiger partial charge in [0.2, 0.25) is 5.91 Å². The molecule has 0 spiro atoms. The van der Waals surface area contributed by atoms with Crippen LogP contribution in [0, 0.1) is 0 Å². The summed E-state index contributed by atoms with van der Waals surface area (Å²) in [5.74, 6) is -0.266. The van der Waals surface area contributed by atoms with Crippen LogP contribution in [-0.2, 0) is 16.1 Å². The quantitative estimate of drug-likeness (QED) is 0.761. The van der Waals surface area contributed by atoms with Crippen molar-refractivity contribution in [2.45, 2.75) is 19.0 Å². The summed E-state index contributed by atoms with van der Waals surface area (Å²) in [6.07, 6.45) is 0.250. The summed E-state index contributed by atoms with van der Waals surface area (Å²) < 4.78 is 0. The smallest absolute Gasteiger partial charge is 0.251 e. The van der Waals surface area contributed by atoms with Gasteiger partial charge in [-0.05, 0) is 29.8 Å². The van der Waals surface area contributed by atoms with Gasteiger partial charge in [0.25, 0.3) is 5.91 Å². The highest BCUT2D eigenvalue weighted by Crippen LogP contribution is 2.27. The van der Waals surface area contributed by atoms with E-state index in [1.807, 2.05) is 6.07 Å². The Morgan fingerprint density at radius 1 is 0.889 bits per heavy atom. The zero-order valence-electron chi connectivity index (χ0n) is 15.1. The molecule has 2 amide bonds. The summed E-state index contributed by atoms with van der Waals surface area (Å²) in [6, 6.07) is 16.9. The summed E-state index contributed by atoms with van der Waals surface area (Å²) in [6.45, 7) is 4.31. The molecule has 2 aliphatic heterocycles. The molecule has 2 aromatic carbocycles. The lowest BCUT2D eigenvalue weighted by molar-refractivity contribution is -0.123. The number of rotatable bonds is 4. The van der Waals surface area contributed by atoms with Gasteiger partial charge in [0.15, 0.2) is 0 Å². The monoisotopic (exact) mass is 383 g/mol. The Hall–Kier alpha value is -2.21. The minimum atomic E-state index is -0.355. The minimum absolute atomic E-state index is 0.126. The zero-order valence-corrected chi connectivity index (χ0v) is 15.8. The van der Waals surface area contributed by atoms with Crippen LogP contribution in [0.4, 0.5) is 5.69 Å². The van der Waals surface area contributed by atoms with E-state index in [1.54, 1.807) is 24.3 Å². The summed E-state index contributed by atoms with van der Waals surface area (Å²) in [4.78, 5) is 31.2. The first kappa shape index (κ1) is 18.2. The van der Waals surface area contributed by atoms with Crippen molar-refractivity contribution in [3.05, 3.63) is 65.2 Å². The molecule has 0 aromatic heterocycles. The average Bonchev–Trinajstić information content (AvgIpc) is 2.98. The molecule has 4 rings (SSSR count). The summed E-state index contributed by atoms with van der Waals surface area (Å²) in [5.41, 5.74) is 1.89. The van der Waals surface area contributed by atoms with E-state index in [0.29, 0.717) is 10.7 Å². The first-order chi connectivity index (χ1) is 13.1. The summed E-state index contributed by atoms with van der Waals surface area (Å²) in [7, 11) is 0. The number of amides is 2. The van der Waals surface area contributed by atoms with Gasteiger partial charge in [0, 0.05) is 37.7 Å². The van der Waals surface area contributed by atoms with Crippen molar-refractivity contribution in [2.75, 3.05) is 31.1 Å². The van der Waals surface area contributed by atoms with E-state index in [0.717, 1.165) is 32.7 Å². The standard InChI is InChI=1S/C21H22ClN3O2/c22-17-6-8-18(9-7-17)25-20(26)14-19(21(25)27)24-12-10-23(11-13-24)15-16-4-2-1-3-5-16/h1-9,19H,10-15H2/t19-/m1/s1. The van der Waals surface area contributed by atoms with Crippen molar-refractivity contribution < 1.29 is 9.59 Å². The Morgan fingerprint density at radius 3 is 2.22 bits per heavy atom. The Labute approximate surface area is 164 Å². The van der Waals surface area contributed by atoms with Crippen LogP contribution in [0.2, 0.25) is 5.02 Å². The predicted molar refractivity (Wildman–Crippen MR) is 106 cm³/mol. The van der Waals surface area contributed by atoms with E-state index < -0.39 is 0 Å². The highest BCUT2D eigenvalue weighted by Gasteiger charge is 2.43. The van der Waals surface area contributed by atoms with Gasteiger partial charge in [0.1, 0.15) is 0 Å². The molecule has 2 aliphatic rings. The van der Waals surface area contributed by atoms with Crippen LogP contribution in [-0.4, -0.2) is 53.8 Å². The van der Waals surface area contributed by atoms with Crippen molar-refractivity contribution in [3.8, 4) is 0 Å². The second kappa shape index (κ2) is 7.80. The number of halogens is 1. The van der Waals surface area contributed by atoms with Crippen molar-refractivity contribution in [1.82, 2.24) is 9.80 Å². The third kappa shape index (κ3) is 3.90. The lowest BCUT2D eigenvalue weighted by Crippen LogP contribution is -2.52. The fourth-order valence-electron chi connectivity index (χ4n) is 3.84. The maximum atomic E-state index is 12.9. The van der Waals surface area contributed by atoms with E-state index in [1.165, 1.54) is 10.5 Å². The number of imide groups is 1. The van der Waals surface area contributed by atoms with Crippen molar-refractivity contribution in [1.29, 1.82) is 0 Å². The minimum Gasteiger partial charge on any atom is -0.297 e. The highest BCUT2D eigenvalue weighted by atomic mass is 35.5. The third-order valence-corrected chi connectivity index (χ3v) is 5.56. The molecule has 0 radical (unpaired) electrons. The molecule has 5 nitrogen and oxygen atoms in total. The first-order valence-corrected chi connectivity index (χ1v) is 9.62. The second-order valence-corrected chi connectivity index (χ2v) is 7.50. The van der Waals surface area contributed by atoms with Gasteiger partial charge in [-0.2, -0.15) is 0 Å². The number of hydrogen-bond acceptors (Lipinski definition) is 4. The predicted octanol–water partition coefficient (Wildman–Crippen LogP) is 2.79. The third-order valence-electron chi connectivity index (χ3n) is 5.30. The molecule has 0 saturated carbocycles. The largest absolute Gasteiger partial charge is 0.297 e. The molecule has 0 bridgehead atoms. The Kier molecular flexibility index (Phi) is 5.25. The molecule has 140 valence electrons. The number of hydrogen-bond donors (Lipinski definition) is 0. The molecule has 1 atom stereocenters. The lowest BCUT2D eigenvalue weighted by atomic mass is 10.1. The summed E-state index contributed by atoms with van der Waals surface area (Å²) in [5, 5.41) is 0.587. The second-order valence-electron chi connectivity index (χ2n) is 7.06. The van der Waals surface area contributed by atoms with Gasteiger partial charge in [0.05, 0.1) is 18.2 Å². The van der Waals surface area contributed by atoms with Gasteiger partial charge in [-0.1, -0.05) is 41.9 Å². The van der Waals surface area contributed by atoms with Crippen molar-refractivity contribution in [3.63, 3.8) is 0 Å². The number of carbonyl (C=O) groups is 2. The molecule has 0 N–H and O–H groups in total. The van der Waals surface area contributed by atoms with Gasteiger partial charge >= 0.3 is 0 Å². The molecular formula is C21H22ClN3O2. The van der Waals surface area contributed by atoms with Crippen LogP contribution in [0.5, 0.6) is 0 Å². The number of nitrogens with zero attached hydrogens (tertiary/aromatic N) is 3. The van der Waals surface area contributed by atoms with Crippen LogP contribution in [0.3, 0.4) is 0 Å². The SMILES string of the molecule is O=C1C[C@@H](N2CCN(Cc3ccccc3)CC2)C(=O)N1c1ccc(Cl)cc1. The highest BCUT2D eigenvalue weighted by molar-refractivity contribution is 6.30. The topological polar surface area (TPSA) is 43.9 Å². The maximum absolute atomic E-state index is 12.9. The van der Waals surface area contributed by atoms with Crippen LogP contribution < -0.4 is 4.90 Å². The molecule has 2 fully saturated rings. The maximum Gasteiger partial charge on any atom is 0.251 e. The number of benzene rings is 2. The van der Waals surface area contributed by atoms with Crippen LogP contribution >= 0.6 is 11.6 Å². The Balaban J connectivity index is 1.38. The van der Waals surface area contributed by atoms with Crippen molar-refractivity contribution >= 4 is 29.1 Å². The van der Waals surface area contributed by atoms with E-state index >= 15 is 0 Å². The van der Waals surface area contributed by atoms with Crippen LogP contribution in [0.1, 0.15) is 12.0 Å². The molecule has 0 aliphatic carbocycles. The van der Waals surface area contributed by atoms with Crippen molar-refractivity contribution in [2.24, 2.45) is 0 Å². The van der Waals surface area contributed by atoms with Crippen LogP contribution in [0.25, 0.3) is 0 Å². The van der Waals surface area contributed by atoms with Gasteiger partial charge in [-0.15, -0.1) is 0 Å². The average molecular weight is 384 g/mol. The number of piperazine rings is 1. The molecular weight excluding hydrogens is 362 g/mol. The van der Waals surface area contributed by atoms with E-state index in [9.17, 15) is 9.59 Å². The fourth-order valence-corrected chi connectivity index (χ4v) is 3.96. The number of anilines is 1. The molecule has 2 heterocycles. The van der Waals surface area contributed by atoms with Gasteiger partial charge < -0.3 is 0 Å². The molecule has 6 heteroatoms. The Bertz CT molecular complexity index is 817. The van der Waals surface area contributed by atoms with E-state index in [2.05, 4.69) is 34.1 Å². The zero-order chi connectivity index (χ0) is 18.8. The van der Waals surface area contributed by atoms with Crippen LogP contribution in [0.15, 0.2) is 54.6 Å². The summed E-state index contributed by atoms with van der Waals surface area (Å²) >= 11 is 5.91. The van der Waals surface area contributed by atoms with Gasteiger partial charge in [-0.25, -0.2) is 4.90 Å². The van der Waals surface area contributed by atoms with Gasteiger partial charge in [-0.3, -0.25) is 19.4 Å². The Morgan fingerprint density at radius 2 is 1.56 bits per heavy atom. The molecule has 2 aromatic rings. The fraction of sp³-hybridized carbons (Fsp3) is 0.333. The first-order valence-electron chi connectivity index (χ1n) is 9.24. The molecule has 27 heavy (non-hydrogen) atoms. The normalized spacial score (nSPS) is 21.8. The van der Waals surface area contributed by atoms with E-state index in [-0.39, 0.29) is 24.3 Å². The molecule has 2 saturated heterocycles.